The number of hydroxylamine groups is 2. The SMILES string of the molecule is CCO/C=C\c1cn(Cc2ccc(F)cc2)c2cnc3c(c12)CCN(OSCc1ccccc1)C3=O. The van der Waals surface area contributed by atoms with Crippen molar-refractivity contribution in [2.45, 2.75) is 25.6 Å². The van der Waals surface area contributed by atoms with Crippen molar-refractivity contribution < 1.29 is 18.2 Å². The average molecular weight is 504 g/mol. The van der Waals surface area contributed by atoms with Crippen LogP contribution in [0.15, 0.2) is 73.3 Å². The number of carbonyl (C=O) groups excluding carboxylic acids is 1. The molecule has 184 valence electrons. The van der Waals surface area contributed by atoms with Gasteiger partial charge in [-0.2, -0.15) is 4.28 Å². The van der Waals surface area contributed by atoms with Crippen LogP contribution in [-0.4, -0.2) is 33.7 Å². The Bertz CT molecular complexity index is 1390. The first-order chi connectivity index (χ1) is 17.6. The van der Waals surface area contributed by atoms with Crippen molar-refractivity contribution >= 4 is 34.9 Å². The smallest absolute Gasteiger partial charge is 0.297 e. The summed E-state index contributed by atoms with van der Waals surface area (Å²) in [5, 5.41) is 2.36. The molecule has 0 radical (unpaired) electrons. The third-order valence-electron chi connectivity index (χ3n) is 6.03. The van der Waals surface area contributed by atoms with E-state index in [9.17, 15) is 9.18 Å². The highest BCUT2D eigenvalue weighted by Gasteiger charge is 2.30. The van der Waals surface area contributed by atoms with E-state index in [-0.39, 0.29) is 11.7 Å². The van der Waals surface area contributed by atoms with Gasteiger partial charge in [0.1, 0.15) is 11.5 Å². The summed E-state index contributed by atoms with van der Waals surface area (Å²) in [5.41, 5.74) is 5.26. The number of hydrogen-bond acceptors (Lipinski definition) is 5. The predicted octanol–water partition coefficient (Wildman–Crippen LogP) is 6.01. The van der Waals surface area contributed by atoms with Crippen molar-refractivity contribution in [3.05, 3.63) is 107 Å². The molecule has 0 unspecified atom stereocenters. The van der Waals surface area contributed by atoms with Crippen molar-refractivity contribution in [1.29, 1.82) is 0 Å². The number of fused-ring (bicyclic) bond motifs is 3. The van der Waals surface area contributed by atoms with Crippen LogP contribution < -0.4 is 0 Å². The monoisotopic (exact) mass is 503 g/mol. The first-order valence-corrected chi connectivity index (χ1v) is 12.7. The molecule has 2 aromatic carbocycles. The van der Waals surface area contributed by atoms with Crippen LogP contribution in [0.4, 0.5) is 4.39 Å². The number of aromatic nitrogens is 2. The maximum absolute atomic E-state index is 13.4. The maximum atomic E-state index is 13.4. The van der Waals surface area contributed by atoms with Gasteiger partial charge in [-0.3, -0.25) is 4.79 Å². The highest BCUT2D eigenvalue weighted by Crippen LogP contribution is 2.32. The van der Waals surface area contributed by atoms with Gasteiger partial charge in [0.2, 0.25) is 0 Å². The van der Waals surface area contributed by atoms with Gasteiger partial charge >= 0.3 is 0 Å². The van der Waals surface area contributed by atoms with Gasteiger partial charge in [-0.25, -0.2) is 14.4 Å². The van der Waals surface area contributed by atoms with Crippen molar-refractivity contribution in [2.24, 2.45) is 0 Å². The van der Waals surface area contributed by atoms with E-state index >= 15 is 0 Å². The zero-order valence-electron chi connectivity index (χ0n) is 19.9. The minimum Gasteiger partial charge on any atom is -0.501 e. The Kier molecular flexibility index (Phi) is 7.34. The molecule has 8 heteroatoms. The number of halogens is 1. The molecule has 2 aromatic heterocycles. The molecule has 4 aromatic rings. The standard InChI is InChI=1S/C28H26FN3O3S/c1-2-34-15-13-22-18-31(17-20-8-10-23(29)11-9-20)25-16-30-27-24(26(22)25)12-14-32(28(27)33)35-36-19-21-6-4-3-5-7-21/h3-11,13,15-16,18H,2,12,14,17,19H2,1H3/b15-13-. The largest absolute Gasteiger partial charge is 0.501 e. The van der Waals surface area contributed by atoms with E-state index in [0.29, 0.717) is 37.6 Å². The molecule has 0 saturated carbocycles. The van der Waals surface area contributed by atoms with Crippen LogP contribution in [0.1, 0.15) is 39.7 Å². The van der Waals surface area contributed by atoms with E-state index in [4.69, 9.17) is 9.02 Å². The fourth-order valence-electron chi connectivity index (χ4n) is 4.31. The van der Waals surface area contributed by atoms with E-state index < -0.39 is 0 Å². The predicted molar refractivity (Wildman–Crippen MR) is 139 cm³/mol. The molecule has 1 aliphatic heterocycles. The van der Waals surface area contributed by atoms with Gasteiger partial charge in [-0.15, -0.1) is 0 Å². The van der Waals surface area contributed by atoms with Crippen LogP contribution in [0, 0.1) is 5.82 Å². The van der Waals surface area contributed by atoms with Crippen molar-refractivity contribution in [3.8, 4) is 0 Å². The number of amides is 1. The molecule has 1 amide bonds. The van der Waals surface area contributed by atoms with Crippen molar-refractivity contribution in [1.82, 2.24) is 14.6 Å². The second-order valence-corrected chi connectivity index (χ2v) is 9.10. The number of benzene rings is 2. The van der Waals surface area contributed by atoms with E-state index in [1.165, 1.54) is 29.2 Å². The number of ether oxygens (including phenoxy) is 1. The van der Waals surface area contributed by atoms with Crippen LogP contribution in [0.5, 0.6) is 0 Å². The average Bonchev–Trinajstić information content (AvgIpc) is 3.25. The Balaban J connectivity index is 1.43. The molecule has 0 atom stereocenters. The molecular formula is C28H26FN3O3S. The third-order valence-corrected chi connectivity index (χ3v) is 6.77. The summed E-state index contributed by atoms with van der Waals surface area (Å²) in [7, 11) is 0. The fourth-order valence-corrected chi connectivity index (χ4v) is 4.96. The van der Waals surface area contributed by atoms with Gasteiger partial charge in [0.25, 0.3) is 5.91 Å². The maximum Gasteiger partial charge on any atom is 0.297 e. The quantitative estimate of drug-likeness (QED) is 0.207. The molecule has 5 rings (SSSR count). The molecule has 0 bridgehead atoms. The zero-order valence-corrected chi connectivity index (χ0v) is 20.7. The van der Waals surface area contributed by atoms with Crippen LogP contribution in [-0.2, 0) is 27.7 Å². The molecule has 36 heavy (non-hydrogen) atoms. The summed E-state index contributed by atoms with van der Waals surface area (Å²) in [6.07, 6.45) is 7.95. The van der Waals surface area contributed by atoms with Crippen LogP contribution in [0.25, 0.3) is 17.0 Å². The first-order valence-electron chi connectivity index (χ1n) is 11.8. The summed E-state index contributed by atoms with van der Waals surface area (Å²) in [5.74, 6) is 0.131. The summed E-state index contributed by atoms with van der Waals surface area (Å²) in [6.45, 7) is 3.48. The number of rotatable bonds is 9. The first kappa shape index (κ1) is 24.1. The van der Waals surface area contributed by atoms with Crippen molar-refractivity contribution in [2.75, 3.05) is 13.2 Å². The Hall–Kier alpha value is -3.62. The topological polar surface area (TPSA) is 56.6 Å². The molecule has 1 aliphatic rings. The van der Waals surface area contributed by atoms with Gasteiger partial charge in [-0.05, 0) is 48.2 Å². The van der Waals surface area contributed by atoms with Gasteiger partial charge in [0.15, 0.2) is 0 Å². The van der Waals surface area contributed by atoms with Crippen LogP contribution >= 0.6 is 12.0 Å². The minimum atomic E-state index is -0.264. The van der Waals surface area contributed by atoms with E-state index in [0.717, 1.165) is 33.2 Å². The van der Waals surface area contributed by atoms with Gasteiger partial charge in [0, 0.05) is 41.5 Å². The number of pyridine rings is 1. The lowest BCUT2D eigenvalue weighted by molar-refractivity contribution is -0.0203. The van der Waals surface area contributed by atoms with Gasteiger partial charge < -0.3 is 9.30 Å². The van der Waals surface area contributed by atoms with E-state index in [1.807, 2.05) is 49.5 Å². The molecule has 0 N–H and O–H groups in total. The second-order valence-electron chi connectivity index (χ2n) is 8.42. The van der Waals surface area contributed by atoms with Gasteiger partial charge in [-0.1, -0.05) is 42.5 Å². The Morgan fingerprint density at radius 1 is 1.11 bits per heavy atom. The van der Waals surface area contributed by atoms with Gasteiger partial charge in [0.05, 0.1) is 31.1 Å². The van der Waals surface area contributed by atoms with E-state index in [1.54, 1.807) is 24.6 Å². The fraction of sp³-hybridized carbons (Fsp3) is 0.214. The highest BCUT2D eigenvalue weighted by molar-refractivity contribution is 7.93. The molecule has 3 heterocycles. The van der Waals surface area contributed by atoms with Crippen molar-refractivity contribution in [3.63, 3.8) is 0 Å². The van der Waals surface area contributed by atoms with E-state index in [2.05, 4.69) is 9.55 Å². The molecule has 6 nitrogen and oxygen atoms in total. The Morgan fingerprint density at radius 2 is 1.92 bits per heavy atom. The summed E-state index contributed by atoms with van der Waals surface area (Å²) in [6, 6.07) is 16.4. The molecule has 0 spiro atoms. The minimum absolute atomic E-state index is 0.246. The lowest BCUT2D eigenvalue weighted by atomic mass is 9.99. The zero-order chi connectivity index (χ0) is 24.9. The summed E-state index contributed by atoms with van der Waals surface area (Å²) < 4.78 is 26.7. The van der Waals surface area contributed by atoms with Crippen LogP contribution in [0.2, 0.25) is 0 Å². The number of hydrogen-bond donors (Lipinski definition) is 0. The Morgan fingerprint density at radius 3 is 2.69 bits per heavy atom. The highest BCUT2D eigenvalue weighted by atomic mass is 32.2. The second kappa shape index (κ2) is 11.0. The lowest BCUT2D eigenvalue weighted by Gasteiger charge is -2.26. The third kappa shape index (κ3) is 5.15. The molecular weight excluding hydrogens is 477 g/mol. The normalized spacial score (nSPS) is 13.5. The lowest BCUT2D eigenvalue weighted by Crippen LogP contribution is -2.37. The van der Waals surface area contributed by atoms with Crippen LogP contribution in [0.3, 0.4) is 0 Å². The summed E-state index contributed by atoms with van der Waals surface area (Å²) in [4.78, 5) is 17.8. The molecule has 0 saturated heterocycles. The Labute approximate surface area is 213 Å². The number of carbonyl (C=O) groups is 1. The number of nitrogens with zero attached hydrogens (tertiary/aromatic N) is 3. The molecule has 0 aliphatic carbocycles. The summed E-state index contributed by atoms with van der Waals surface area (Å²) >= 11 is 1.24. The molecule has 0 fully saturated rings.